The molecule has 5 rings (SSSR count). The van der Waals surface area contributed by atoms with Crippen molar-refractivity contribution in [3.8, 4) is 11.5 Å². The summed E-state index contributed by atoms with van der Waals surface area (Å²) in [5, 5.41) is 32.7. The van der Waals surface area contributed by atoms with Crippen LogP contribution >= 0.6 is 0 Å². The van der Waals surface area contributed by atoms with E-state index in [0.29, 0.717) is 33.9 Å². The first-order valence-corrected chi connectivity index (χ1v) is 15.2. The van der Waals surface area contributed by atoms with Gasteiger partial charge in [-0.2, -0.15) is 4.90 Å². The Morgan fingerprint density at radius 3 is 2.39 bits per heavy atom. The fourth-order valence-electron chi connectivity index (χ4n) is 6.60. The van der Waals surface area contributed by atoms with Crippen LogP contribution in [0.2, 0.25) is 0 Å². The van der Waals surface area contributed by atoms with Gasteiger partial charge in [-0.05, 0) is 109 Å². The van der Waals surface area contributed by atoms with Crippen LogP contribution in [0.3, 0.4) is 0 Å². The molecule has 3 amide bonds. The molecule has 10 nitrogen and oxygen atoms in total. The van der Waals surface area contributed by atoms with Crippen LogP contribution in [0, 0.1) is 31.6 Å². The van der Waals surface area contributed by atoms with Gasteiger partial charge in [-0.15, -0.1) is 0 Å². The first-order chi connectivity index (χ1) is 22.1. The monoisotopic (exact) mass is 626 g/mol. The van der Waals surface area contributed by atoms with Gasteiger partial charge in [0.25, 0.3) is 0 Å². The molecule has 46 heavy (non-hydrogen) atoms. The third-order valence-corrected chi connectivity index (χ3v) is 8.79. The van der Waals surface area contributed by atoms with Crippen molar-refractivity contribution < 1.29 is 39.2 Å². The highest BCUT2D eigenvalue weighted by Crippen LogP contribution is 2.46. The molecule has 3 aromatic rings. The number of aromatic hydroxyl groups is 1. The van der Waals surface area contributed by atoms with Crippen LogP contribution in [0.4, 0.5) is 4.79 Å². The number of carbonyl (C=O) groups is 3. The number of aromatic nitrogens is 1. The van der Waals surface area contributed by atoms with Crippen molar-refractivity contribution in [1.82, 2.24) is 9.88 Å². The number of hydrogen-bond acceptors (Lipinski definition) is 9. The second-order valence-corrected chi connectivity index (χ2v) is 11.7. The molecule has 1 aliphatic carbocycles. The third kappa shape index (κ3) is 6.59. The van der Waals surface area contributed by atoms with E-state index in [0.717, 1.165) is 29.4 Å². The van der Waals surface area contributed by atoms with Gasteiger partial charge < -0.3 is 24.8 Å². The highest BCUT2D eigenvalue weighted by atomic mass is 16.5. The summed E-state index contributed by atoms with van der Waals surface area (Å²) in [6, 6.07) is 18.4. The quantitative estimate of drug-likeness (QED) is 0.213. The number of amides is 3. The summed E-state index contributed by atoms with van der Waals surface area (Å²) in [6.45, 7) is 3.16. The number of aliphatic hydroxyl groups is 2. The SMILES string of the molecule is COC(=O)N1C(=O)[C@@H]2[C@@H](CC(COc3ccccc3)=C([C@H](O)CC/C(=C/c3cc(C)c(O)c(C)c3)c3ccccn3)[C@@H]2CO)C1=O. The largest absolute Gasteiger partial charge is 0.507 e. The number of aryl methyl sites for hydroxylation is 2. The molecule has 240 valence electrons. The Hall–Kier alpha value is -4.80. The van der Waals surface area contributed by atoms with E-state index in [4.69, 9.17) is 9.47 Å². The fraction of sp³-hybridized carbons (Fsp3) is 0.333. The summed E-state index contributed by atoms with van der Waals surface area (Å²) in [5.41, 5.74) is 4.92. The maximum absolute atomic E-state index is 13.4. The van der Waals surface area contributed by atoms with E-state index in [9.17, 15) is 29.7 Å². The Morgan fingerprint density at radius 2 is 1.76 bits per heavy atom. The Bertz CT molecular complexity index is 1640. The zero-order chi connectivity index (χ0) is 33.0. The average Bonchev–Trinajstić information content (AvgIpc) is 3.32. The number of nitrogens with zero attached hydrogens (tertiary/aromatic N) is 2. The zero-order valence-corrected chi connectivity index (χ0v) is 26.1. The average molecular weight is 627 g/mol. The van der Waals surface area contributed by atoms with Crippen molar-refractivity contribution in [3.63, 3.8) is 0 Å². The van der Waals surface area contributed by atoms with Gasteiger partial charge in [0.1, 0.15) is 18.1 Å². The maximum atomic E-state index is 13.4. The van der Waals surface area contributed by atoms with Crippen LogP contribution in [0.1, 0.15) is 41.6 Å². The highest BCUT2D eigenvalue weighted by Gasteiger charge is 2.57. The van der Waals surface area contributed by atoms with Gasteiger partial charge in [0.2, 0.25) is 11.8 Å². The molecule has 0 unspecified atom stereocenters. The Kier molecular flexibility index (Phi) is 9.99. The molecular formula is C36H38N2O8. The van der Waals surface area contributed by atoms with Crippen molar-refractivity contribution in [2.24, 2.45) is 17.8 Å². The van der Waals surface area contributed by atoms with Gasteiger partial charge >= 0.3 is 6.09 Å². The van der Waals surface area contributed by atoms with Gasteiger partial charge in [-0.3, -0.25) is 14.6 Å². The maximum Gasteiger partial charge on any atom is 0.423 e. The molecule has 1 saturated heterocycles. The molecule has 0 spiro atoms. The van der Waals surface area contributed by atoms with E-state index in [2.05, 4.69) is 4.98 Å². The highest BCUT2D eigenvalue weighted by molar-refractivity contribution is 6.16. The Morgan fingerprint density at radius 1 is 1.07 bits per heavy atom. The lowest BCUT2D eigenvalue weighted by molar-refractivity contribution is -0.137. The molecule has 1 aliphatic heterocycles. The molecule has 0 saturated carbocycles. The number of para-hydroxylation sites is 1. The molecular weight excluding hydrogens is 588 g/mol. The number of hydrogen-bond donors (Lipinski definition) is 3. The topological polar surface area (TPSA) is 146 Å². The Labute approximate surface area is 267 Å². The number of rotatable bonds is 10. The summed E-state index contributed by atoms with van der Waals surface area (Å²) in [4.78, 5) is 44.1. The van der Waals surface area contributed by atoms with Crippen LogP contribution in [0.5, 0.6) is 11.5 Å². The molecule has 2 heterocycles. The van der Waals surface area contributed by atoms with Crippen LogP contribution in [0.15, 0.2) is 78.0 Å². The molecule has 2 aliphatic rings. The van der Waals surface area contributed by atoms with Crippen LogP contribution < -0.4 is 4.74 Å². The van der Waals surface area contributed by atoms with E-state index in [1.54, 1.807) is 18.3 Å². The number of likely N-dealkylation sites (tertiary alicyclic amines) is 1. The first-order valence-electron chi connectivity index (χ1n) is 15.2. The van der Waals surface area contributed by atoms with Crippen molar-refractivity contribution in [3.05, 3.63) is 100 Å². The predicted molar refractivity (Wildman–Crippen MR) is 170 cm³/mol. The Balaban J connectivity index is 1.49. The van der Waals surface area contributed by atoms with E-state index in [1.807, 2.05) is 68.5 Å². The second-order valence-electron chi connectivity index (χ2n) is 11.7. The summed E-state index contributed by atoms with van der Waals surface area (Å²) in [5.74, 6) is -3.48. The lowest BCUT2D eigenvalue weighted by Crippen LogP contribution is -2.40. The summed E-state index contributed by atoms with van der Waals surface area (Å²) >= 11 is 0. The van der Waals surface area contributed by atoms with Crippen molar-refractivity contribution in [2.75, 3.05) is 20.3 Å². The molecule has 0 bridgehead atoms. The molecule has 4 atom stereocenters. The van der Waals surface area contributed by atoms with Crippen molar-refractivity contribution >= 4 is 29.6 Å². The van der Waals surface area contributed by atoms with E-state index < -0.39 is 48.4 Å². The summed E-state index contributed by atoms with van der Waals surface area (Å²) < 4.78 is 10.7. The van der Waals surface area contributed by atoms with Gasteiger partial charge in [0, 0.05) is 12.1 Å². The van der Waals surface area contributed by atoms with Crippen LogP contribution in [0.25, 0.3) is 11.6 Å². The minimum absolute atomic E-state index is 0.0187. The van der Waals surface area contributed by atoms with E-state index in [1.165, 1.54) is 0 Å². The number of ether oxygens (including phenoxy) is 2. The smallest absolute Gasteiger partial charge is 0.423 e. The molecule has 1 fully saturated rings. The minimum atomic E-state index is -1.11. The number of fused-ring (bicyclic) bond motifs is 1. The molecule has 2 aromatic carbocycles. The molecule has 3 N–H and O–H groups in total. The number of benzene rings is 2. The number of pyridine rings is 1. The summed E-state index contributed by atoms with van der Waals surface area (Å²) in [6.07, 6.45) is 2.13. The van der Waals surface area contributed by atoms with Gasteiger partial charge in [-0.1, -0.05) is 24.3 Å². The van der Waals surface area contributed by atoms with Crippen LogP contribution in [-0.2, 0) is 14.3 Å². The van der Waals surface area contributed by atoms with Gasteiger partial charge in [0.15, 0.2) is 0 Å². The van der Waals surface area contributed by atoms with Crippen molar-refractivity contribution in [2.45, 2.75) is 39.2 Å². The number of aliphatic hydroxyl groups excluding tert-OH is 2. The molecule has 1 aromatic heterocycles. The number of phenolic OH excluding ortho intramolecular Hbond substituents is 1. The lowest BCUT2D eigenvalue weighted by Gasteiger charge is -2.36. The fourth-order valence-corrected chi connectivity index (χ4v) is 6.60. The predicted octanol–water partition coefficient (Wildman–Crippen LogP) is 4.84. The van der Waals surface area contributed by atoms with Gasteiger partial charge in [0.05, 0.1) is 37.4 Å². The number of imide groups is 3. The molecule has 0 radical (unpaired) electrons. The zero-order valence-electron chi connectivity index (χ0n) is 26.1. The number of allylic oxidation sites excluding steroid dienone is 1. The normalized spacial score (nSPS) is 20.5. The van der Waals surface area contributed by atoms with E-state index in [-0.39, 0.29) is 25.2 Å². The first kappa shape index (κ1) is 32.6. The van der Waals surface area contributed by atoms with Crippen LogP contribution in [-0.4, -0.2) is 69.5 Å². The second kappa shape index (κ2) is 14.1. The number of methoxy groups -OCH3 is 1. The number of carbonyl (C=O) groups excluding carboxylic acids is 3. The van der Waals surface area contributed by atoms with Crippen molar-refractivity contribution in [1.29, 1.82) is 0 Å². The molecule has 10 heteroatoms. The standard InChI is InChI=1S/C36H38N2O8/c1-21-15-23(16-22(2)33(21)41)17-24(29-11-7-8-14-37-29)12-13-30(40)31-25(20-46-26-9-5-4-6-10-26)18-27-32(28(31)19-39)35(43)38(34(27)42)36(44)45-3/h4-11,14-17,27-28,30,32,39-41H,12-13,18-20H2,1-3H3/b24-17-/t27-,28+,30-,32-/m1/s1. The third-order valence-electron chi connectivity index (χ3n) is 8.79. The lowest BCUT2D eigenvalue weighted by atomic mass is 9.68. The number of phenols is 1. The van der Waals surface area contributed by atoms with E-state index >= 15 is 0 Å². The minimum Gasteiger partial charge on any atom is -0.507 e. The van der Waals surface area contributed by atoms with Gasteiger partial charge in [-0.25, -0.2) is 4.79 Å². The summed E-state index contributed by atoms with van der Waals surface area (Å²) in [7, 11) is 1.09.